The summed E-state index contributed by atoms with van der Waals surface area (Å²) in [6.45, 7) is 3.40. The Balaban J connectivity index is 1.54. The second kappa shape index (κ2) is 8.15. The summed E-state index contributed by atoms with van der Waals surface area (Å²) in [5.41, 5.74) is 0.581. The van der Waals surface area contributed by atoms with E-state index in [0.29, 0.717) is 36.1 Å². The quantitative estimate of drug-likeness (QED) is 0.754. The lowest BCUT2D eigenvalue weighted by Gasteiger charge is -2.32. The Morgan fingerprint density at radius 2 is 1.90 bits per heavy atom. The minimum absolute atomic E-state index is 0.00861. The number of rotatable bonds is 4. The number of halogens is 3. The first-order valence-electron chi connectivity index (χ1n) is 9.32. The van der Waals surface area contributed by atoms with Crippen LogP contribution in [0.4, 0.5) is 18.9 Å². The molecule has 4 rings (SSSR count). The third-order valence-electron chi connectivity index (χ3n) is 4.82. The number of amides is 1. The molecular formula is C19H20F3N5O2S. The van der Waals surface area contributed by atoms with Crippen LogP contribution < -0.4 is 25.3 Å². The van der Waals surface area contributed by atoms with Gasteiger partial charge in [-0.25, -0.2) is 0 Å². The number of carbonyl (C=O) groups excluding carboxylic acids is 1. The maximum atomic E-state index is 12.9. The second-order valence-corrected chi connectivity index (χ2v) is 8.02. The van der Waals surface area contributed by atoms with Crippen molar-refractivity contribution in [2.75, 3.05) is 45.2 Å². The summed E-state index contributed by atoms with van der Waals surface area (Å²) in [6.07, 6.45) is -4.73. The number of alkyl halides is 3. The standard InChI is InChI=1S/C19H20F3N5O2S/c1-26-6-8-27(9-7-26)18(28)15-10-14-16(23-11-24-17(14)30-15)25-12-2-4-13(5-3-12)29-19(20,21)22/h2-5,10,23,25H,6-9,11H2,1H3. The molecule has 0 spiro atoms. The predicted molar refractivity (Wildman–Crippen MR) is 107 cm³/mol. The molecule has 2 aliphatic rings. The largest absolute Gasteiger partial charge is 0.573 e. The summed E-state index contributed by atoms with van der Waals surface area (Å²) in [7, 11) is 2.03. The van der Waals surface area contributed by atoms with Crippen molar-refractivity contribution in [3.63, 3.8) is 0 Å². The molecule has 1 aromatic carbocycles. The number of hydrogen-bond donors (Lipinski definition) is 2. The van der Waals surface area contributed by atoms with Gasteiger partial charge in [0.1, 0.15) is 22.9 Å². The van der Waals surface area contributed by atoms with Gasteiger partial charge in [0, 0.05) is 31.9 Å². The number of benzene rings is 1. The van der Waals surface area contributed by atoms with E-state index in [0.717, 1.165) is 23.0 Å². The van der Waals surface area contributed by atoms with Crippen LogP contribution in [0.25, 0.3) is 5.82 Å². The molecule has 2 aliphatic heterocycles. The van der Waals surface area contributed by atoms with Gasteiger partial charge in [-0.05, 0) is 37.4 Å². The lowest BCUT2D eigenvalue weighted by molar-refractivity contribution is -0.274. The Labute approximate surface area is 174 Å². The number of piperazine rings is 1. The van der Waals surface area contributed by atoms with Gasteiger partial charge < -0.3 is 25.2 Å². The molecule has 2 aromatic rings. The molecule has 0 bridgehead atoms. The van der Waals surface area contributed by atoms with Crippen LogP contribution in [-0.4, -0.2) is 62.0 Å². The third kappa shape index (κ3) is 4.68. The van der Waals surface area contributed by atoms with Crippen LogP contribution in [-0.2, 0) is 0 Å². The third-order valence-corrected chi connectivity index (χ3v) is 5.87. The highest BCUT2D eigenvalue weighted by Crippen LogP contribution is 2.24. The van der Waals surface area contributed by atoms with Crippen molar-refractivity contribution in [1.29, 1.82) is 0 Å². The van der Waals surface area contributed by atoms with Crippen molar-refractivity contribution in [3.8, 4) is 5.75 Å². The molecule has 0 atom stereocenters. The van der Waals surface area contributed by atoms with Crippen molar-refractivity contribution in [2.45, 2.75) is 6.36 Å². The maximum absolute atomic E-state index is 12.9. The molecule has 0 radical (unpaired) electrons. The summed E-state index contributed by atoms with van der Waals surface area (Å²) in [5, 5.41) is 7.03. The number of likely N-dealkylation sites (N-methyl/N-ethyl adjacent to an activating group) is 1. The summed E-state index contributed by atoms with van der Waals surface area (Å²) in [5.74, 6) is 0.352. The van der Waals surface area contributed by atoms with E-state index < -0.39 is 6.36 Å². The number of thiophene rings is 1. The molecule has 1 amide bonds. The van der Waals surface area contributed by atoms with E-state index >= 15 is 0 Å². The average molecular weight is 439 g/mol. The van der Waals surface area contributed by atoms with Gasteiger partial charge >= 0.3 is 6.36 Å². The summed E-state index contributed by atoms with van der Waals surface area (Å²) >= 11 is 1.34. The van der Waals surface area contributed by atoms with Crippen LogP contribution in [0.2, 0.25) is 0 Å². The normalized spacial score (nSPS) is 17.1. The first-order chi connectivity index (χ1) is 14.3. The zero-order chi connectivity index (χ0) is 21.3. The molecule has 2 N–H and O–H groups in total. The van der Waals surface area contributed by atoms with Crippen LogP contribution >= 0.6 is 11.3 Å². The number of ether oxygens (including phenoxy) is 1. The van der Waals surface area contributed by atoms with Gasteiger partial charge in [0.05, 0.1) is 10.1 Å². The van der Waals surface area contributed by atoms with Crippen molar-refractivity contribution in [3.05, 3.63) is 45.1 Å². The van der Waals surface area contributed by atoms with Gasteiger partial charge in [-0.3, -0.25) is 9.79 Å². The number of carbonyl (C=O) groups is 1. The Hall–Kier alpha value is -2.79. The Morgan fingerprint density at radius 1 is 1.20 bits per heavy atom. The highest BCUT2D eigenvalue weighted by atomic mass is 32.1. The Morgan fingerprint density at radius 3 is 2.57 bits per heavy atom. The Kier molecular flexibility index (Phi) is 5.56. The van der Waals surface area contributed by atoms with E-state index in [1.807, 2.05) is 11.9 Å². The lowest BCUT2D eigenvalue weighted by Crippen LogP contribution is -2.47. The first-order valence-corrected chi connectivity index (χ1v) is 10.1. The molecule has 1 aromatic heterocycles. The fraction of sp³-hybridized carbons (Fsp3) is 0.368. The van der Waals surface area contributed by atoms with Crippen molar-refractivity contribution in [2.24, 2.45) is 4.99 Å². The molecule has 0 saturated carbocycles. The van der Waals surface area contributed by atoms with Gasteiger partial charge in [0.25, 0.3) is 5.91 Å². The number of fused-ring (bicyclic) bond motifs is 1. The smallest absolute Gasteiger partial charge is 0.406 e. The SMILES string of the molecule is CN1CCN(C(=O)c2cc3c(s2)=NCNC=3Nc2ccc(OC(F)(F)F)cc2)CC1. The van der Waals surface area contributed by atoms with Gasteiger partial charge in [0.2, 0.25) is 0 Å². The van der Waals surface area contributed by atoms with Crippen molar-refractivity contribution in [1.82, 2.24) is 15.1 Å². The number of nitrogens with one attached hydrogen (secondary N) is 2. The number of hydrogen-bond acceptors (Lipinski definition) is 7. The fourth-order valence-electron chi connectivity index (χ4n) is 3.23. The van der Waals surface area contributed by atoms with Crippen LogP contribution in [0.5, 0.6) is 5.75 Å². The highest BCUT2D eigenvalue weighted by Gasteiger charge is 2.31. The summed E-state index contributed by atoms with van der Waals surface area (Å²) < 4.78 is 41.5. The van der Waals surface area contributed by atoms with Crippen LogP contribution in [0.15, 0.2) is 35.3 Å². The zero-order valence-corrected chi connectivity index (χ0v) is 16.9. The van der Waals surface area contributed by atoms with E-state index in [1.165, 1.54) is 35.6 Å². The van der Waals surface area contributed by atoms with E-state index in [-0.39, 0.29) is 11.7 Å². The van der Waals surface area contributed by atoms with Gasteiger partial charge in [-0.2, -0.15) is 0 Å². The molecule has 1 fully saturated rings. The zero-order valence-electron chi connectivity index (χ0n) is 16.1. The molecule has 1 saturated heterocycles. The minimum atomic E-state index is -4.73. The molecule has 7 nitrogen and oxygen atoms in total. The van der Waals surface area contributed by atoms with E-state index in [9.17, 15) is 18.0 Å². The van der Waals surface area contributed by atoms with Crippen molar-refractivity contribution >= 4 is 28.8 Å². The first kappa shape index (κ1) is 20.5. The van der Waals surface area contributed by atoms with Gasteiger partial charge in [-0.15, -0.1) is 24.5 Å². The minimum Gasteiger partial charge on any atom is -0.406 e. The summed E-state index contributed by atoms with van der Waals surface area (Å²) in [6, 6.07) is 7.26. The topological polar surface area (TPSA) is 69.2 Å². The number of anilines is 1. The Bertz CT molecular complexity index is 1040. The maximum Gasteiger partial charge on any atom is 0.573 e. The van der Waals surface area contributed by atoms with Gasteiger partial charge in [0.15, 0.2) is 0 Å². The van der Waals surface area contributed by atoms with Crippen LogP contribution in [0, 0.1) is 0 Å². The monoisotopic (exact) mass is 439 g/mol. The van der Waals surface area contributed by atoms with Crippen LogP contribution in [0.3, 0.4) is 0 Å². The van der Waals surface area contributed by atoms with Crippen molar-refractivity contribution < 1.29 is 22.7 Å². The second-order valence-electron chi connectivity index (χ2n) is 6.99. The summed E-state index contributed by atoms with van der Waals surface area (Å²) in [4.78, 5) is 21.9. The molecule has 160 valence electrons. The molecule has 0 aliphatic carbocycles. The average Bonchev–Trinajstić information content (AvgIpc) is 3.14. The van der Waals surface area contributed by atoms with Crippen LogP contribution in [0.1, 0.15) is 9.67 Å². The number of nitrogens with zero attached hydrogens (tertiary/aromatic N) is 3. The molecule has 0 unspecified atom stereocenters. The molecule has 3 heterocycles. The molecule has 30 heavy (non-hydrogen) atoms. The lowest BCUT2D eigenvalue weighted by atomic mass is 10.2. The van der Waals surface area contributed by atoms with E-state index in [1.54, 1.807) is 6.07 Å². The van der Waals surface area contributed by atoms with E-state index in [2.05, 4.69) is 25.3 Å². The van der Waals surface area contributed by atoms with E-state index in [4.69, 9.17) is 0 Å². The van der Waals surface area contributed by atoms with Gasteiger partial charge in [-0.1, -0.05) is 0 Å². The molecule has 11 heteroatoms. The molecular weight excluding hydrogens is 419 g/mol. The fourth-order valence-corrected chi connectivity index (χ4v) is 4.23. The highest BCUT2D eigenvalue weighted by molar-refractivity contribution is 7.11. The predicted octanol–water partition coefficient (Wildman–Crippen LogP) is 1.39.